The molecule has 0 radical (unpaired) electrons. The van der Waals surface area contributed by atoms with E-state index < -0.39 is 0 Å². The molecule has 4 nitrogen and oxygen atoms in total. The summed E-state index contributed by atoms with van der Waals surface area (Å²) in [5.41, 5.74) is 5.94. The lowest BCUT2D eigenvalue weighted by molar-refractivity contribution is -0.131. The number of carbonyl (C=O) groups is 1. The van der Waals surface area contributed by atoms with Crippen LogP contribution >= 0.6 is 0 Å². The van der Waals surface area contributed by atoms with E-state index in [4.69, 9.17) is 5.73 Å². The third-order valence-corrected chi connectivity index (χ3v) is 4.21. The van der Waals surface area contributed by atoms with Crippen LogP contribution in [0.1, 0.15) is 53.4 Å². The molecule has 0 aliphatic heterocycles. The van der Waals surface area contributed by atoms with Crippen molar-refractivity contribution in [2.24, 2.45) is 17.1 Å². The molecule has 126 valence electrons. The second-order valence-electron chi connectivity index (χ2n) is 7.31. The molecule has 21 heavy (non-hydrogen) atoms. The first-order valence-electron chi connectivity index (χ1n) is 8.34. The molecule has 0 aromatic heterocycles. The van der Waals surface area contributed by atoms with E-state index in [9.17, 15) is 4.79 Å². The summed E-state index contributed by atoms with van der Waals surface area (Å²) < 4.78 is 0. The van der Waals surface area contributed by atoms with Gasteiger partial charge in [-0.3, -0.25) is 4.79 Å². The molecule has 4 heteroatoms. The maximum atomic E-state index is 12.4. The van der Waals surface area contributed by atoms with Gasteiger partial charge in [0.2, 0.25) is 5.91 Å². The lowest BCUT2D eigenvalue weighted by atomic mass is 9.76. The number of nitrogens with zero attached hydrogens (tertiary/aromatic N) is 2. The highest BCUT2D eigenvalue weighted by molar-refractivity contribution is 5.76. The van der Waals surface area contributed by atoms with Crippen LogP contribution < -0.4 is 5.73 Å². The van der Waals surface area contributed by atoms with Crippen LogP contribution in [0.5, 0.6) is 0 Å². The zero-order valence-corrected chi connectivity index (χ0v) is 15.1. The van der Waals surface area contributed by atoms with E-state index in [0.29, 0.717) is 24.8 Å². The van der Waals surface area contributed by atoms with Crippen LogP contribution in [-0.4, -0.2) is 56.0 Å². The summed E-state index contributed by atoms with van der Waals surface area (Å²) in [5, 5.41) is 0. The Morgan fingerprint density at radius 3 is 2.19 bits per heavy atom. The molecule has 0 rings (SSSR count). The average molecular weight is 300 g/mol. The number of amides is 1. The van der Waals surface area contributed by atoms with Gasteiger partial charge in [-0.15, -0.1) is 0 Å². The summed E-state index contributed by atoms with van der Waals surface area (Å²) in [7, 11) is 4.14. The molecule has 1 atom stereocenters. The van der Waals surface area contributed by atoms with E-state index in [1.54, 1.807) is 0 Å². The van der Waals surface area contributed by atoms with E-state index in [1.807, 2.05) is 4.90 Å². The minimum atomic E-state index is 0.224. The molecular weight excluding hydrogens is 262 g/mol. The van der Waals surface area contributed by atoms with Crippen molar-refractivity contribution in [3.05, 3.63) is 0 Å². The molecule has 0 bridgehead atoms. The van der Waals surface area contributed by atoms with E-state index in [0.717, 1.165) is 38.9 Å². The fraction of sp³-hybridized carbons (Fsp3) is 0.941. The van der Waals surface area contributed by atoms with Gasteiger partial charge in [0, 0.05) is 19.5 Å². The number of hydrogen-bond acceptors (Lipinski definition) is 3. The van der Waals surface area contributed by atoms with Gasteiger partial charge in [-0.25, -0.2) is 0 Å². The Balaban J connectivity index is 4.29. The number of carbonyl (C=O) groups excluding carboxylic acids is 1. The van der Waals surface area contributed by atoms with Gasteiger partial charge in [0.15, 0.2) is 0 Å². The van der Waals surface area contributed by atoms with Gasteiger partial charge in [-0.2, -0.15) is 0 Å². The van der Waals surface area contributed by atoms with Gasteiger partial charge in [-0.05, 0) is 64.7 Å². The summed E-state index contributed by atoms with van der Waals surface area (Å²) in [5.74, 6) is 0.814. The number of nitrogens with two attached hydrogens (primary N) is 1. The summed E-state index contributed by atoms with van der Waals surface area (Å²) in [4.78, 5) is 16.5. The van der Waals surface area contributed by atoms with Crippen LogP contribution in [0.4, 0.5) is 0 Å². The van der Waals surface area contributed by atoms with E-state index >= 15 is 0 Å². The molecule has 0 saturated carbocycles. The van der Waals surface area contributed by atoms with Crippen LogP contribution in [-0.2, 0) is 4.79 Å². The zero-order valence-electron chi connectivity index (χ0n) is 15.1. The van der Waals surface area contributed by atoms with Crippen LogP contribution in [0.2, 0.25) is 0 Å². The molecule has 1 unspecified atom stereocenters. The van der Waals surface area contributed by atoms with Crippen molar-refractivity contribution < 1.29 is 4.79 Å². The van der Waals surface area contributed by atoms with Crippen LogP contribution in [0.3, 0.4) is 0 Å². The predicted octanol–water partition coefficient (Wildman–Crippen LogP) is 2.58. The lowest BCUT2D eigenvalue weighted by Crippen LogP contribution is -2.34. The van der Waals surface area contributed by atoms with Gasteiger partial charge in [0.1, 0.15) is 0 Å². The Morgan fingerprint density at radius 2 is 1.76 bits per heavy atom. The van der Waals surface area contributed by atoms with Crippen molar-refractivity contribution in [1.82, 2.24) is 9.80 Å². The SMILES string of the molecule is CCN(CCCN(C)C)C(=O)CCC(CCN)C(C)(C)C. The fourth-order valence-electron chi connectivity index (χ4n) is 2.70. The molecule has 0 spiro atoms. The van der Waals surface area contributed by atoms with Gasteiger partial charge < -0.3 is 15.5 Å². The second kappa shape index (κ2) is 10.2. The maximum Gasteiger partial charge on any atom is 0.222 e. The molecule has 2 N–H and O–H groups in total. The van der Waals surface area contributed by atoms with Crippen LogP contribution in [0.15, 0.2) is 0 Å². The molecule has 0 saturated heterocycles. The van der Waals surface area contributed by atoms with Crippen molar-refractivity contribution in [2.45, 2.75) is 53.4 Å². The van der Waals surface area contributed by atoms with Crippen molar-refractivity contribution in [2.75, 3.05) is 40.3 Å². The predicted molar refractivity (Wildman–Crippen MR) is 91.3 cm³/mol. The minimum Gasteiger partial charge on any atom is -0.343 e. The van der Waals surface area contributed by atoms with Crippen molar-refractivity contribution in [1.29, 1.82) is 0 Å². The second-order valence-corrected chi connectivity index (χ2v) is 7.31. The largest absolute Gasteiger partial charge is 0.343 e. The van der Waals surface area contributed by atoms with Crippen LogP contribution in [0, 0.1) is 11.3 Å². The Kier molecular flexibility index (Phi) is 9.88. The maximum absolute atomic E-state index is 12.4. The van der Waals surface area contributed by atoms with Crippen LogP contribution in [0.25, 0.3) is 0 Å². The molecule has 0 heterocycles. The zero-order chi connectivity index (χ0) is 16.5. The lowest BCUT2D eigenvalue weighted by Gasteiger charge is -2.31. The van der Waals surface area contributed by atoms with E-state index in [-0.39, 0.29) is 5.41 Å². The molecule has 0 aliphatic carbocycles. The van der Waals surface area contributed by atoms with Crippen molar-refractivity contribution in [3.63, 3.8) is 0 Å². The van der Waals surface area contributed by atoms with Gasteiger partial charge in [0.05, 0.1) is 0 Å². The Bertz CT molecular complexity index is 284. The van der Waals surface area contributed by atoms with Gasteiger partial charge in [0.25, 0.3) is 0 Å². The molecule has 0 aromatic carbocycles. The summed E-state index contributed by atoms with van der Waals surface area (Å²) in [6, 6.07) is 0. The van der Waals surface area contributed by atoms with E-state index in [2.05, 4.69) is 46.7 Å². The third-order valence-electron chi connectivity index (χ3n) is 4.21. The average Bonchev–Trinajstić information content (AvgIpc) is 2.37. The highest BCUT2D eigenvalue weighted by Crippen LogP contribution is 2.32. The first kappa shape index (κ1) is 20.4. The van der Waals surface area contributed by atoms with Gasteiger partial charge >= 0.3 is 0 Å². The Morgan fingerprint density at radius 1 is 1.14 bits per heavy atom. The fourth-order valence-corrected chi connectivity index (χ4v) is 2.70. The topological polar surface area (TPSA) is 49.6 Å². The summed E-state index contributed by atoms with van der Waals surface area (Å²) >= 11 is 0. The third kappa shape index (κ3) is 9.10. The highest BCUT2D eigenvalue weighted by atomic mass is 16.2. The number of hydrogen-bond donors (Lipinski definition) is 1. The normalized spacial score (nSPS) is 13.5. The first-order valence-corrected chi connectivity index (χ1v) is 8.34. The standard InChI is InChI=1S/C17H37N3O/c1-7-20(14-8-13-19(5)6)16(21)10-9-15(11-12-18)17(2,3)4/h15H,7-14,18H2,1-6H3. The molecule has 1 amide bonds. The molecule has 0 aromatic rings. The summed E-state index contributed by atoms with van der Waals surface area (Å²) in [6.07, 6.45) is 3.64. The monoisotopic (exact) mass is 299 g/mol. The smallest absolute Gasteiger partial charge is 0.222 e. The van der Waals surface area contributed by atoms with E-state index in [1.165, 1.54) is 0 Å². The Hall–Kier alpha value is -0.610. The highest BCUT2D eigenvalue weighted by Gasteiger charge is 2.25. The number of rotatable bonds is 10. The van der Waals surface area contributed by atoms with Crippen molar-refractivity contribution in [3.8, 4) is 0 Å². The quantitative estimate of drug-likeness (QED) is 0.674. The molecule has 0 aliphatic rings. The Labute approximate surface area is 132 Å². The molecule has 0 fully saturated rings. The van der Waals surface area contributed by atoms with Gasteiger partial charge in [-0.1, -0.05) is 20.8 Å². The first-order chi connectivity index (χ1) is 9.72. The molecular formula is C17H37N3O. The van der Waals surface area contributed by atoms with Crippen molar-refractivity contribution >= 4 is 5.91 Å². The minimum absolute atomic E-state index is 0.224. The summed E-state index contributed by atoms with van der Waals surface area (Å²) in [6.45, 7) is 12.2.